The number of nitrogens with zero attached hydrogens (tertiary/aromatic N) is 1. The number of aliphatic carboxylic acids is 1. The maximum Gasteiger partial charge on any atom is 0.309 e. The second kappa shape index (κ2) is 6.68. The lowest BCUT2D eigenvalue weighted by Gasteiger charge is -2.27. The molecule has 0 radical (unpaired) electrons. The molecule has 0 spiro atoms. The van der Waals surface area contributed by atoms with Crippen LogP contribution in [0, 0.1) is 5.82 Å². The Kier molecular flexibility index (Phi) is 4.62. The van der Waals surface area contributed by atoms with Gasteiger partial charge in [-0.05, 0) is 30.5 Å². The summed E-state index contributed by atoms with van der Waals surface area (Å²) in [5.41, 5.74) is 0.554. The van der Waals surface area contributed by atoms with Gasteiger partial charge in [0.15, 0.2) is 5.13 Å². The molecular weight excluding hydrogens is 331 g/mol. The normalized spacial score (nSPS) is 16.0. The van der Waals surface area contributed by atoms with Crippen molar-refractivity contribution in [3.05, 3.63) is 46.7 Å². The quantitative estimate of drug-likeness (QED) is 0.868. The van der Waals surface area contributed by atoms with Gasteiger partial charge in [0.1, 0.15) is 5.82 Å². The molecule has 126 valence electrons. The van der Waals surface area contributed by atoms with Crippen molar-refractivity contribution in [2.75, 3.05) is 5.32 Å². The topological polar surface area (TPSA) is 79.3 Å². The Balaban J connectivity index is 1.81. The van der Waals surface area contributed by atoms with Crippen molar-refractivity contribution in [1.82, 2.24) is 4.98 Å². The van der Waals surface area contributed by atoms with E-state index in [-0.39, 0.29) is 18.1 Å². The van der Waals surface area contributed by atoms with Gasteiger partial charge in [-0.25, -0.2) is 9.37 Å². The molecule has 1 aliphatic rings. The molecule has 3 rings (SSSR count). The maximum absolute atomic E-state index is 13.2. The fraction of sp³-hybridized carbons (Fsp3) is 0.353. The van der Waals surface area contributed by atoms with Gasteiger partial charge in [-0.1, -0.05) is 25.0 Å². The van der Waals surface area contributed by atoms with E-state index in [0.717, 1.165) is 18.4 Å². The van der Waals surface area contributed by atoms with Crippen LogP contribution in [0.5, 0.6) is 0 Å². The van der Waals surface area contributed by atoms with Crippen molar-refractivity contribution < 1.29 is 19.1 Å². The van der Waals surface area contributed by atoms with Crippen molar-refractivity contribution in [2.24, 2.45) is 0 Å². The molecular formula is C17H17FN2O3S. The first-order valence-corrected chi connectivity index (χ1v) is 8.61. The Bertz CT molecular complexity index is 751. The Morgan fingerprint density at radius 2 is 1.92 bits per heavy atom. The summed E-state index contributed by atoms with van der Waals surface area (Å²) in [6.45, 7) is 0. The zero-order valence-electron chi connectivity index (χ0n) is 12.9. The van der Waals surface area contributed by atoms with Gasteiger partial charge in [0.2, 0.25) is 5.91 Å². The van der Waals surface area contributed by atoms with Gasteiger partial charge < -0.3 is 10.4 Å². The highest BCUT2D eigenvalue weighted by Crippen LogP contribution is 2.42. The second-order valence-electron chi connectivity index (χ2n) is 5.96. The summed E-state index contributed by atoms with van der Waals surface area (Å²) in [5, 5.41) is 13.6. The summed E-state index contributed by atoms with van der Waals surface area (Å²) in [5.74, 6) is -1.45. The number of benzene rings is 1. The van der Waals surface area contributed by atoms with Gasteiger partial charge in [-0.3, -0.25) is 9.59 Å². The number of carboxylic acid groups (broad SMARTS) is 1. The van der Waals surface area contributed by atoms with Gasteiger partial charge in [0.25, 0.3) is 0 Å². The van der Waals surface area contributed by atoms with E-state index < -0.39 is 11.4 Å². The third-order valence-corrected chi connectivity index (χ3v) is 5.20. The fourth-order valence-electron chi connectivity index (χ4n) is 3.21. The van der Waals surface area contributed by atoms with Gasteiger partial charge in [-0.2, -0.15) is 0 Å². The monoisotopic (exact) mass is 348 g/mol. The Morgan fingerprint density at radius 3 is 2.54 bits per heavy atom. The molecule has 1 amide bonds. The third-order valence-electron chi connectivity index (χ3n) is 4.39. The summed E-state index contributed by atoms with van der Waals surface area (Å²) in [6, 6.07) is 6.07. The number of carboxylic acids is 1. The number of anilines is 1. The van der Waals surface area contributed by atoms with Crippen molar-refractivity contribution in [3.8, 4) is 0 Å². The minimum absolute atomic E-state index is 0.164. The van der Waals surface area contributed by atoms with E-state index in [9.17, 15) is 14.0 Å². The standard InChI is InChI=1S/C17H17FN2O3S/c18-12-5-3-11(4-6-12)17(7-1-2-8-17)15(23)20-16-19-13(10-24-16)9-14(21)22/h3-6,10H,1-2,7-9H2,(H,21,22)(H,19,20,23). The lowest BCUT2D eigenvalue weighted by atomic mass is 9.78. The van der Waals surface area contributed by atoms with Crippen LogP contribution in [0.1, 0.15) is 36.9 Å². The number of hydrogen-bond acceptors (Lipinski definition) is 4. The molecule has 5 nitrogen and oxygen atoms in total. The molecule has 0 bridgehead atoms. The summed E-state index contributed by atoms with van der Waals surface area (Å²) in [6.07, 6.45) is 3.12. The third kappa shape index (κ3) is 3.31. The van der Waals surface area contributed by atoms with Crippen molar-refractivity contribution in [2.45, 2.75) is 37.5 Å². The molecule has 1 heterocycles. The zero-order valence-corrected chi connectivity index (χ0v) is 13.7. The SMILES string of the molecule is O=C(O)Cc1csc(NC(=O)C2(c3ccc(F)cc3)CCCC2)n1. The lowest BCUT2D eigenvalue weighted by Crippen LogP contribution is -2.38. The van der Waals surface area contributed by atoms with Crippen LogP contribution in [0.25, 0.3) is 0 Å². The number of halogens is 1. The Labute approximate surface area is 142 Å². The van der Waals surface area contributed by atoms with E-state index in [1.54, 1.807) is 17.5 Å². The maximum atomic E-state index is 13.2. The molecule has 0 aliphatic heterocycles. The number of amides is 1. The highest BCUT2D eigenvalue weighted by atomic mass is 32.1. The van der Waals surface area contributed by atoms with E-state index in [1.165, 1.54) is 23.5 Å². The number of carbonyl (C=O) groups is 2. The number of carbonyl (C=O) groups excluding carboxylic acids is 1. The van der Waals surface area contributed by atoms with E-state index in [4.69, 9.17) is 5.11 Å². The van der Waals surface area contributed by atoms with Crippen LogP contribution in [-0.2, 0) is 21.4 Å². The molecule has 0 unspecified atom stereocenters. The smallest absolute Gasteiger partial charge is 0.309 e. The lowest BCUT2D eigenvalue weighted by molar-refractivity contribution is -0.136. The van der Waals surface area contributed by atoms with E-state index >= 15 is 0 Å². The van der Waals surface area contributed by atoms with Crippen LogP contribution in [0.3, 0.4) is 0 Å². The zero-order chi connectivity index (χ0) is 17.2. The highest BCUT2D eigenvalue weighted by molar-refractivity contribution is 7.13. The average Bonchev–Trinajstić information content (AvgIpc) is 3.18. The van der Waals surface area contributed by atoms with Crippen LogP contribution >= 0.6 is 11.3 Å². The Morgan fingerprint density at radius 1 is 1.25 bits per heavy atom. The van der Waals surface area contributed by atoms with Gasteiger partial charge in [0.05, 0.1) is 17.5 Å². The first-order valence-electron chi connectivity index (χ1n) is 7.73. The molecule has 1 fully saturated rings. The summed E-state index contributed by atoms with van der Waals surface area (Å²) < 4.78 is 13.2. The largest absolute Gasteiger partial charge is 0.481 e. The Hall–Kier alpha value is -2.28. The van der Waals surface area contributed by atoms with Crippen LogP contribution in [0.15, 0.2) is 29.6 Å². The van der Waals surface area contributed by atoms with Crippen LogP contribution in [-0.4, -0.2) is 22.0 Å². The minimum Gasteiger partial charge on any atom is -0.481 e. The molecule has 2 aromatic rings. The van der Waals surface area contributed by atoms with Crippen molar-refractivity contribution in [3.63, 3.8) is 0 Å². The highest BCUT2D eigenvalue weighted by Gasteiger charge is 2.43. The fourth-order valence-corrected chi connectivity index (χ4v) is 3.92. The molecule has 0 saturated heterocycles. The van der Waals surface area contributed by atoms with E-state index in [0.29, 0.717) is 23.7 Å². The first kappa shape index (κ1) is 16.6. The second-order valence-corrected chi connectivity index (χ2v) is 6.82. The van der Waals surface area contributed by atoms with Crippen LogP contribution < -0.4 is 5.32 Å². The van der Waals surface area contributed by atoms with Gasteiger partial charge in [0, 0.05) is 5.38 Å². The van der Waals surface area contributed by atoms with Gasteiger partial charge >= 0.3 is 5.97 Å². The van der Waals surface area contributed by atoms with E-state index in [2.05, 4.69) is 10.3 Å². The molecule has 1 aliphatic carbocycles. The number of thiazole rings is 1. The molecule has 1 aromatic carbocycles. The molecule has 2 N–H and O–H groups in total. The van der Waals surface area contributed by atoms with Gasteiger partial charge in [-0.15, -0.1) is 11.3 Å². The van der Waals surface area contributed by atoms with Crippen molar-refractivity contribution >= 4 is 28.3 Å². The first-order chi connectivity index (χ1) is 11.5. The summed E-state index contributed by atoms with van der Waals surface area (Å²) >= 11 is 1.21. The molecule has 1 aromatic heterocycles. The average molecular weight is 348 g/mol. The molecule has 1 saturated carbocycles. The van der Waals surface area contributed by atoms with Crippen molar-refractivity contribution in [1.29, 1.82) is 0 Å². The van der Waals surface area contributed by atoms with Crippen LogP contribution in [0.2, 0.25) is 0 Å². The minimum atomic E-state index is -0.961. The molecule has 0 atom stereocenters. The summed E-state index contributed by atoms with van der Waals surface area (Å²) in [4.78, 5) is 27.8. The molecule has 7 heteroatoms. The molecule has 24 heavy (non-hydrogen) atoms. The number of nitrogens with one attached hydrogen (secondary N) is 1. The number of rotatable bonds is 5. The predicted molar refractivity (Wildman–Crippen MR) is 88.6 cm³/mol. The predicted octanol–water partition coefficient (Wildman–Crippen LogP) is 3.36. The number of hydrogen-bond donors (Lipinski definition) is 2. The van der Waals surface area contributed by atoms with Crippen LogP contribution in [0.4, 0.5) is 9.52 Å². The summed E-state index contributed by atoms with van der Waals surface area (Å²) in [7, 11) is 0. The van der Waals surface area contributed by atoms with E-state index in [1.807, 2.05) is 0 Å². The number of aromatic nitrogens is 1.